The summed E-state index contributed by atoms with van der Waals surface area (Å²) in [6, 6.07) is 5.52. The van der Waals surface area contributed by atoms with Gasteiger partial charge in [-0.15, -0.1) is 0 Å². The summed E-state index contributed by atoms with van der Waals surface area (Å²) in [6.45, 7) is 0.165. The lowest BCUT2D eigenvalue weighted by molar-refractivity contribution is -0.148. The Balaban J connectivity index is 1.77. The zero-order chi connectivity index (χ0) is 15.2. The van der Waals surface area contributed by atoms with E-state index in [9.17, 15) is 9.59 Å². The first-order chi connectivity index (χ1) is 10.1. The summed E-state index contributed by atoms with van der Waals surface area (Å²) in [5, 5.41) is 11.3. The van der Waals surface area contributed by atoms with Crippen molar-refractivity contribution in [3.8, 4) is 11.5 Å². The van der Waals surface area contributed by atoms with Crippen molar-refractivity contribution < 1.29 is 28.9 Å². The quantitative estimate of drug-likeness (QED) is 0.763. The molecule has 114 valence electrons. The molecule has 2 rings (SSSR count). The molecule has 0 spiro atoms. The third kappa shape index (κ3) is 4.09. The third-order valence-corrected chi connectivity index (χ3v) is 3.12. The van der Waals surface area contributed by atoms with Gasteiger partial charge in [0, 0.05) is 13.5 Å². The fraction of sp³-hybridized carbons (Fsp3) is 0.429. The summed E-state index contributed by atoms with van der Waals surface area (Å²) in [6.07, 6.45) is -0.234. The smallest absolute Gasteiger partial charge is 0.334 e. The van der Waals surface area contributed by atoms with Gasteiger partial charge < -0.3 is 24.6 Å². The summed E-state index contributed by atoms with van der Waals surface area (Å²) >= 11 is 0. The number of rotatable bonds is 7. The number of fused-ring (bicyclic) bond motifs is 1. The molecule has 2 N–H and O–H groups in total. The second-order valence-corrected chi connectivity index (χ2v) is 4.55. The fourth-order valence-corrected chi connectivity index (χ4v) is 1.92. The van der Waals surface area contributed by atoms with Gasteiger partial charge in [0.25, 0.3) is 0 Å². The Hall–Kier alpha value is -2.28. The van der Waals surface area contributed by atoms with Crippen LogP contribution in [0.1, 0.15) is 12.0 Å². The molecule has 0 saturated heterocycles. The number of carbonyl (C=O) groups is 2. The molecule has 1 amide bonds. The highest BCUT2D eigenvalue weighted by Crippen LogP contribution is 2.32. The van der Waals surface area contributed by atoms with E-state index in [0.29, 0.717) is 17.9 Å². The minimum Gasteiger partial charge on any atom is -0.479 e. The Morgan fingerprint density at radius 2 is 2.14 bits per heavy atom. The van der Waals surface area contributed by atoms with E-state index in [0.717, 1.165) is 5.56 Å². The lowest BCUT2D eigenvalue weighted by Gasteiger charge is -2.11. The van der Waals surface area contributed by atoms with Crippen LogP contribution in [0.3, 0.4) is 0 Å². The van der Waals surface area contributed by atoms with Crippen molar-refractivity contribution in [2.24, 2.45) is 0 Å². The van der Waals surface area contributed by atoms with Gasteiger partial charge >= 0.3 is 5.97 Å². The molecule has 0 radical (unpaired) electrons. The summed E-state index contributed by atoms with van der Waals surface area (Å²) in [5.74, 6) is 0.0513. The molecule has 1 unspecified atom stereocenters. The highest BCUT2D eigenvalue weighted by molar-refractivity contribution is 5.78. The van der Waals surface area contributed by atoms with E-state index in [1.165, 1.54) is 7.11 Å². The second kappa shape index (κ2) is 6.94. The number of carboxylic acid groups (broad SMARTS) is 1. The number of carbonyl (C=O) groups excluding carboxylic acids is 1. The monoisotopic (exact) mass is 295 g/mol. The molecule has 1 heterocycles. The Morgan fingerprint density at radius 3 is 2.86 bits per heavy atom. The van der Waals surface area contributed by atoms with Crippen LogP contribution < -0.4 is 14.8 Å². The summed E-state index contributed by atoms with van der Waals surface area (Å²) in [7, 11) is 1.29. The maximum Gasteiger partial charge on any atom is 0.334 e. The fourth-order valence-electron chi connectivity index (χ4n) is 1.92. The predicted octanol–water partition coefficient (Wildman–Crippen LogP) is 0.564. The maximum absolute atomic E-state index is 11.7. The number of benzene rings is 1. The van der Waals surface area contributed by atoms with Gasteiger partial charge in [-0.05, 0) is 24.1 Å². The van der Waals surface area contributed by atoms with Gasteiger partial charge in [-0.25, -0.2) is 4.79 Å². The van der Waals surface area contributed by atoms with E-state index in [1.807, 2.05) is 12.1 Å². The molecule has 1 aliphatic heterocycles. The Morgan fingerprint density at radius 1 is 1.38 bits per heavy atom. The van der Waals surface area contributed by atoms with Crippen molar-refractivity contribution in [3.05, 3.63) is 23.8 Å². The zero-order valence-corrected chi connectivity index (χ0v) is 11.6. The van der Waals surface area contributed by atoms with E-state index in [4.69, 9.17) is 19.3 Å². The predicted molar refractivity (Wildman–Crippen MR) is 72.3 cm³/mol. The molecule has 0 bridgehead atoms. The van der Waals surface area contributed by atoms with Crippen molar-refractivity contribution in [2.75, 3.05) is 20.4 Å². The summed E-state index contributed by atoms with van der Waals surface area (Å²) in [4.78, 5) is 22.4. The first-order valence-corrected chi connectivity index (χ1v) is 6.51. The number of hydrogen-bond acceptors (Lipinski definition) is 5. The van der Waals surface area contributed by atoms with Crippen molar-refractivity contribution >= 4 is 11.9 Å². The molecule has 7 nitrogen and oxygen atoms in total. The molecule has 0 aromatic heterocycles. The lowest BCUT2D eigenvalue weighted by atomic mass is 10.1. The van der Waals surface area contributed by atoms with Gasteiger partial charge in [0.15, 0.2) is 17.6 Å². The highest BCUT2D eigenvalue weighted by Gasteiger charge is 2.17. The molecular weight excluding hydrogens is 278 g/mol. The van der Waals surface area contributed by atoms with Gasteiger partial charge in [0.2, 0.25) is 12.7 Å². The molecule has 0 fully saturated rings. The molecule has 21 heavy (non-hydrogen) atoms. The van der Waals surface area contributed by atoms with Crippen LogP contribution in [-0.4, -0.2) is 43.5 Å². The van der Waals surface area contributed by atoms with E-state index >= 15 is 0 Å². The molecule has 1 aliphatic rings. The van der Waals surface area contributed by atoms with Crippen LogP contribution in [0.5, 0.6) is 11.5 Å². The van der Waals surface area contributed by atoms with E-state index < -0.39 is 12.1 Å². The van der Waals surface area contributed by atoms with Crippen LogP contribution in [0.25, 0.3) is 0 Å². The van der Waals surface area contributed by atoms with Crippen molar-refractivity contribution in [2.45, 2.75) is 18.9 Å². The van der Waals surface area contributed by atoms with Crippen molar-refractivity contribution in [3.63, 3.8) is 0 Å². The van der Waals surface area contributed by atoms with Crippen LogP contribution in [0.2, 0.25) is 0 Å². The molecule has 1 aromatic carbocycles. The number of hydrogen-bond donors (Lipinski definition) is 2. The van der Waals surface area contributed by atoms with Gasteiger partial charge in [0.05, 0.1) is 6.54 Å². The Kier molecular flexibility index (Phi) is 4.99. The molecule has 1 atom stereocenters. The molecule has 1 aromatic rings. The minimum absolute atomic E-state index is 0.0498. The Bertz CT molecular complexity index is 530. The first-order valence-electron chi connectivity index (χ1n) is 6.51. The van der Waals surface area contributed by atoms with Crippen LogP contribution in [0.15, 0.2) is 18.2 Å². The SMILES string of the molecule is COC(CNC(=O)CCc1ccc2c(c1)OCO2)C(=O)O. The summed E-state index contributed by atoms with van der Waals surface area (Å²) in [5.41, 5.74) is 0.955. The largest absolute Gasteiger partial charge is 0.479 e. The number of amides is 1. The standard InChI is InChI=1S/C14H17NO6/c1-19-12(14(17)18)7-15-13(16)5-3-9-2-4-10-11(6-9)21-8-20-10/h2,4,6,12H,3,5,7-8H2,1H3,(H,15,16)(H,17,18). The second-order valence-electron chi connectivity index (χ2n) is 4.55. The number of methoxy groups -OCH3 is 1. The van der Waals surface area contributed by atoms with Gasteiger partial charge in [-0.1, -0.05) is 6.07 Å². The van der Waals surface area contributed by atoms with Gasteiger partial charge in [-0.3, -0.25) is 4.79 Å². The van der Waals surface area contributed by atoms with Gasteiger partial charge in [-0.2, -0.15) is 0 Å². The number of aliphatic carboxylic acids is 1. The van der Waals surface area contributed by atoms with E-state index in [2.05, 4.69) is 5.32 Å². The minimum atomic E-state index is -1.10. The Labute approximate surface area is 121 Å². The topological polar surface area (TPSA) is 94.1 Å². The average Bonchev–Trinajstić information content (AvgIpc) is 2.92. The molecule has 7 heteroatoms. The van der Waals surface area contributed by atoms with Gasteiger partial charge in [0.1, 0.15) is 0 Å². The van der Waals surface area contributed by atoms with Crippen molar-refractivity contribution in [1.82, 2.24) is 5.32 Å². The average molecular weight is 295 g/mol. The van der Waals surface area contributed by atoms with Crippen LogP contribution >= 0.6 is 0 Å². The van der Waals surface area contributed by atoms with Crippen LogP contribution in [-0.2, 0) is 20.7 Å². The molecule has 0 aliphatic carbocycles. The maximum atomic E-state index is 11.7. The third-order valence-electron chi connectivity index (χ3n) is 3.12. The van der Waals surface area contributed by atoms with E-state index in [-0.39, 0.29) is 25.7 Å². The number of ether oxygens (including phenoxy) is 3. The zero-order valence-electron chi connectivity index (χ0n) is 11.6. The number of aryl methyl sites for hydroxylation is 1. The summed E-state index contributed by atoms with van der Waals surface area (Å²) < 4.78 is 15.2. The molecule has 0 saturated carbocycles. The lowest BCUT2D eigenvalue weighted by Crippen LogP contribution is -2.37. The van der Waals surface area contributed by atoms with Crippen LogP contribution in [0, 0.1) is 0 Å². The first kappa shape index (κ1) is 15.1. The highest BCUT2D eigenvalue weighted by atomic mass is 16.7. The van der Waals surface area contributed by atoms with E-state index in [1.54, 1.807) is 6.07 Å². The normalized spacial score (nSPS) is 13.8. The van der Waals surface area contributed by atoms with Crippen LogP contribution in [0.4, 0.5) is 0 Å². The van der Waals surface area contributed by atoms with Crippen molar-refractivity contribution in [1.29, 1.82) is 0 Å². The number of nitrogens with one attached hydrogen (secondary N) is 1. The number of carboxylic acids is 1. The molecular formula is C14H17NO6.